The Balaban J connectivity index is 1.85. The number of carbonyl (C=O) groups excluding carboxylic acids is 1. The third-order valence-corrected chi connectivity index (χ3v) is 5.35. The fourth-order valence-corrected chi connectivity index (χ4v) is 3.51. The van der Waals surface area contributed by atoms with Crippen molar-refractivity contribution in [2.45, 2.75) is 72.8 Å². The molecule has 0 unspecified atom stereocenters. The second-order valence-electron chi connectivity index (χ2n) is 8.95. The first kappa shape index (κ1) is 19.8. The van der Waals surface area contributed by atoms with E-state index in [1.165, 1.54) is 12.8 Å². The van der Waals surface area contributed by atoms with Crippen molar-refractivity contribution in [3.05, 3.63) is 29.8 Å². The first-order chi connectivity index (χ1) is 11.8. The summed E-state index contributed by atoms with van der Waals surface area (Å²) < 4.78 is 5.77. The van der Waals surface area contributed by atoms with Gasteiger partial charge in [0.25, 0.3) is 5.91 Å². The fraction of sp³-hybridized carbons (Fsp3) is 0.682. The lowest BCUT2D eigenvalue weighted by atomic mass is 9.71. The van der Waals surface area contributed by atoms with E-state index in [0.717, 1.165) is 30.9 Å². The number of ether oxygens (including phenoxy) is 1. The molecule has 3 heteroatoms. The highest BCUT2D eigenvalue weighted by Gasteiger charge is 2.30. The Hall–Kier alpha value is -1.51. The van der Waals surface area contributed by atoms with E-state index in [1.54, 1.807) is 0 Å². The van der Waals surface area contributed by atoms with Gasteiger partial charge >= 0.3 is 0 Å². The number of hydrogen-bond donors (Lipinski definition) is 1. The Morgan fingerprint density at radius 3 is 2.48 bits per heavy atom. The van der Waals surface area contributed by atoms with Gasteiger partial charge in [0, 0.05) is 11.6 Å². The summed E-state index contributed by atoms with van der Waals surface area (Å²) in [4.78, 5) is 12.6. The van der Waals surface area contributed by atoms with Crippen LogP contribution in [0.15, 0.2) is 24.3 Å². The van der Waals surface area contributed by atoms with Crippen LogP contribution in [-0.4, -0.2) is 18.6 Å². The zero-order chi connectivity index (χ0) is 18.4. The second-order valence-corrected chi connectivity index (χ2v) is 8.95. The molecule has 1 amide bonds. The van der Waals surface area contributed by atoms with Crippen molar-refractivity contribution in [2.75, 3.05) is 6.61 Å². The van der Waals surface area contributed by atoms with Crippen molar-refractivity contribution in [3.8, 4) is 5.75 Å². The minimum Gasteiger partial charge on any atom is -0.494 e. The van der Waals surface area contributed by atoms with Gasteiger partial charge in [0.15, 0.2) is 0 Å². The molecule has 0 saturated heterocycles. The molecule has 1 aromatic rings. The Kier molecular flexibility index (Phi) is 6.92. The van der Waals surface area contributed by atoms with E-state index in [2.05, 4.69) is 39.9 Å². The van der Waals surface area contributed by atoms with Crippen LogP contribution in [0.2, 0.25) is 0 Å². The van der Waals surface area contributed by atoms with E-state index in [9.17, 15) is 4.79 Å². The maximum Gasteiger partial charge on any atom is 0.251 e. The third-order valence-electron chi connectivity index (χ3n) is 5.35. The van der Waals surface area contributed by atoms with E-state index >= 15 is 0 Å². The van der Waals surface area contributed by atoms with Crippen LogP contribution in [0.4, 0.5) is 0 Å². The van der Waals surface area contributed by atoms with Crippen molar-refractivity contribution < 1.29 is 9.53 Å². The minimum atomic E-state index is 0.0218. The highest BCUT2D eigenvalue weighted by Crippen LogP contribution is 2.37. The number of rotatable bonds is 6. The maximum absolute atomic E-state index is 12.6. The summed E-state index contributed by atoms with van der Waals surface area (Å²) in [5.74, 6) is 2.19. The van der Waals surface area contributed by atoms with Gasteiger partial charge in [0.1, 0.15) is 5.75 Å². The average Bonchev–Trinajstić information content (AvgIpc) is 2.54. The van der Waals surface area contributed by atoms with E-state index in [0.29, 0.717) is 29.5 Å². The second kappa shape index (κ2) is 8.73. The molecule has 1 fully saturated rings. The maximum atomic E-state index is 12.6. The van der Waals surface area contributed by atoms with Crippen LogP contribution in [0, 0.1) is 17.3 Å². The molecule has 140 valence electrons. The Bertz CT molecular complexity index is 551. The van der Waals surface area contributed by atoms with Crippen molar-refractivity contribution in [3.63, 3.8) is 0 Å². The van der Waals surface area contributed by atoms with Gasteiger partial charge in [-0.3, -0.25) is 4.79 Å². The summed E-state index contributed by atoms with van der Waals surface area (Å²) in [6.07, 6.45) is 5.59. The number of benzene rings is 1. The van der Waals surface area contributed by atoms with Gasteiger partial charge in [-0.25, -0.2) is 0 Å². The molecule has 1 aromatic carbocycles. The molecule has 0 spiro atoms. The fourth-order valence-electron chi connectivity index (χ4n) is 3.51. The van der Waals surface area contributed by atoms with Crippen LogP contribution in [0.5, 0.6) is 5.75 Å². The summed E-state index contributed by atoms with van der Waals surface area (Å²) in [5.41, 5.74) is 1.07. The number of hydrogen-bond acceptors (Lipinski definition) is 2. The molecule has 1 aliphatic carbocycles. The highest BCUT2D eigenvalue weighted by atomic mass is 16.5. The molecular weight excluding hydrogens is 310 g/mol. The molecule has 0 bridgehead atoms. The summed E-state index contributed by atoms with van der Waals surface area (Å²) in [6.45, 7) is 12.0. The topological polar surface area (TPSA) is 38.3 Å². The summed E-state index contributed by atoms with van der Waals surface area (Å²) >= 11 is 0. The molecule has 1 N–H and O–H groups in total. The average molecular weight is 346 g/mol. The van der Waals surface area contributed by atoms with E-state index < -0.39 is 0 Å². The molecule has 0 radical (unpaired) electrons. The summed E-state index contributed by atoms with van der Waals surface area (Å²) in [6, 6.07) is 7.85. The first-order valence-electron chi connectivity index (χ1n) is 9.79. The normalized spacial score (nSPS) is 21.2. The SMILES string of the molecule is CC(C)CCOc1cccc(C(=O)NC2CCC(C(C)(C)C)CC2)c1. The Morgan fingerprint density at radius 1 is 1.20 bits per heavy atom. The summed E-state index contributed by atoms with van der Waals surface area (Å²) in [7, 11) is 0. The third kappa shape index (κ3) is 6.37. The van der Waals surface area contributed by atoms with Gasteiger partial charge in [0.2, 0.25) is 0 Å². The number of nitrogens with one attached hydrogen (secondary N) is 1. The molecule has 1 saturated carbocycles. The summed E-state index contributed by atoms with van der Waals surface area (Å²) in [5, 5.41) is 3.21. The molecule has 0 heterocycles. The van der Waals surface area contributed by atoms with Gasteiger partial charge in [-0.1, -0.05) is 40.7 Å². The Morgan fingerprint density at radius 2 is 1.88 bits per heavy atom. The van der Waals surface area contributed by atoms with Crippen molar-refractivity contribution in [1.82, 2.24) is 5.32 Å². The van der Waals surface area contributed by atoms with Crippen LogP contribution >= 0.6 is 0 Å². The van der Waals surface area contributed by atoms with Crippen molar-refractivity contribution in [1.29, 1.82) is 0 Å². The lowest BCUT2D eigenvalue weighted by molar-refractivity contribution is 0.0903. The minimum absolute atomic E-state index is 0.0218. The van der Waals surface area contributed by atoms with Gasteiger partial charge in [-0.15, -0.1) is 0 Å². The molecule has 3 nitrogen and oxygen atoms in total. The van der Waals surface area contributed by atoms with Crippen LogP contribution < -0.4 is 10.1 Å². The first-order valence-corrected chi connectivity index (χ1v) is 9.79. The predicted molar refractivity (Wildman–Crippen MR) is 104 cm³/mol. The van der Waals surface area contributed by atoms with E-state index in [1.807, 2.05) is 24.3 Å². The van der Waals surface area contributed by atoms with Gasteiger partial charge in [-0.2, -0.15) is 0 Å². The van der Waals surface area contributed by atoms with Gasteiger partial charge in [0.05, 0.1) is 6.61 Å². The van der Waals surface area contributed by atoms with Crippen LogP contribution in [0.3, 0.4) is 0 Å². The van der Waals surface area contributed by atoms with Crippen LogP contribution in [-0.2, 0) is 0 Å². The van der Waals surface area contributed by atoms with E-state index in [-0.39, 0.29) is 5.91 Å². The highest BCUT2D eigenvalue weighted by molar-refractivity contribution is 5.94. The lowest BCUT2D eigenvalue weighted by Crippen LogP contribution is -2.39. The van der Waals surface area contributed by atoms with Crippen molar-refractivity contribution in [2.24, 2.45) is 17.3 Å². The van der Waals surface area contributed by atoms with Gasteiger partial charge < -0.3 is 10.1 Å². The smallest absolute Gasteiger partial charge is 0.251 e. The standard InChI is InChI=1S/C22H35NO2/c1-16(2)13-14-25-20-8-6-7-17(15-20)21(24)23-19-11-9-18(10-12-19)22(3,4)5/h6-8,15-16,18-19H,9-14H2,1-5H3,(H,23,24). The number of amides is 1. The van der Waals surface area contributed by atoms with E-state index in [4.69, 9.17) is 4.74 Å². The molecular formula is C22H35NO2. The quantitative estimate of drug-likeness (QED) is 0.745. The molecule has 1 aliphatic rings. The molecule has 2 rings (SSSR count). The van der Waals surface area contributed by atoms with Gasteiger partial charge in [-0.05, 0) is 67.6 Å². The lowest BCUT2D eigenvalue weighted by Gasteiger charge is -2.37. The monoisotopic (exact) mass is 345 g/mol. The Labute approximate surface area is 153 Å². The molecule has 0 atom stereocenters. The molecule has 25 heavy (non-hydrogen) atoms. The zero-order valence-electron chi connectivity index (χ0n) is 16.6. The molecule has 0 aliphatic heterocycles. The van der Waals surface area contributed by atoms with Crippen LogP contribution in [0.25, 0.3) is 0 Å². The predicted octanol–water partition coefficient (Wildman–Crippen LogP) is 5.45. The largest absolute Gasteiger partial charge is 0.494 e. The number of carbonyl (C=O) groups is 1. The van der Waals surface area contributed by atoms with Crippen molar-refractivity contribution >= 4 is 5.91 Å². The molecule has 0 aromatic heterocycles. The van der Waals surface area contributed by atoms with Crippen LogP contribution in [0.1, 0.15) is 77.1 Å². The zero-order valence-corrected chi connectivity index (χ0v) is 16.6.